The second kappa shape index (κ2) is 7.85. The first-order valence-electron chi connectivity index (χ1n) is 8.19. The molecule has 0 aliphatic carbocycles. The average molecular weight is 395 g/mol. The standard InChI is InChI=1S/C20H14FN3OS2/c21-16-9-6-14(7-10-16)8-11-17-12-18(25)24-19(22-17)27-20(23-24)26-13-15-4-2-1-3-5-15/h1-12H,13H2. The highest BCUT2D eigenvalue weighted by atomic mass is 32.2. The van der Waals surface area contributed by atoms with Gasteiger partial charge in [-0.25, -0.2) is 9.37 Å². The molecule has 4 aromatic rings. The largest absolute Gasteiger partial charge is 0.275 e. The highest BCUT2D eigenvalue weighted by Crippen LogP contribution is 2.26. The molecule has 0 spiro atoms. The summed E-state index contributed by atoms with van der Waals surface area (Å²) in [6, 6.07) is 17.7. The Bertz CT molecular complexity index is 1150. The Hall–Kier alpha value is -2.77. The topological polar surface area (TPSA) is 47.3 Å². The minimum Gasteiger partial charge on any atom is -0.267 e. The van der Waals surface area contributed by atoms with E-state index in [1.807, 2.05) is 18.2 Å². The molecule has 0 saturated heterocycles. The van der Waals surface area contributed by atoms with Gasteiger partial charge in [-0.1, -0.05) is 71.6 Å². The molecule has 0 radical (unpaired) electrons. The van der Waals surface area contributed by atoms with E-state index >= 15 is 0 Å². The lowest BCUT2D eigenvalue weighted by Crippen LogP contribution is -2.14. The van der Waals surface area contributed by atoms with E-state index in [0.29, 0.717) is 10.7 Å². The van der Waals surface area contributed by atoms with Gasteiger partial charge in [-0.15, -0.1) is 5.10 Å². The van der Waals surface area contributed by atoms with E-state index in [2.05, 4.69) is 22.2 Å². The Morgan fingerprint density at radius 1 is 1.07 bits per heavy atom. The van der Waals surface area contributed by atoms with Crippen molar-refractivity contribution in [3.63, 3.8) is 0 Å². The van der Waals surface area contributed by atoms with Gasteiger partial charge in [-0.3, -0.25) is 4.79 Å². The number of thioether (sulfide) groups is 1. The molecular weight excluding hydrogens is 381 g/mol. The molecule has 0 amide bonds. The van der Waals surface area contributed by atoms with E-state index in [1.165, 1.54) is 39.6 Å². The summed E-state index contributed by atoms with van der Waals surface area (Å²) in [6.45, 7) is 0. The van der Waals surface area contributed by atoms with Crippen LogP contribution in [0.3, 0.4) is 0 Å². The molecule has 4 rings (SSSR count). The zero-order valence-corrected chi connectivity index (χ0v) is 15.7. The molecule has 0 unspecified atom stereocenters. The summed E-state index contributed by atoms with van der Waals surface area (Å²) < 4.78 is 15.1. The van der Waals surface area contributed by atoms with E-state index in [9.17, 15) is 9.18 Å². The number of aromatic nitrogens is 3. The van der Waals surface area contributed by atoms with Gasteiger partial charge < -0.3 is 0 Å². The molecule has 2 aromatic heterocycles. The lowest BCUT2D eigenvalue weighted by atomic mass is 10.2. The Balaban J connectivity index is 1.56. The fraction of sp³-hybridized carbons (Fsp3) is 0.0500. The maximum Gasteiger partial charge on any atom is 0.275 e. The van der Waals surface area contributed by atoms with Gasteiger partial charge in [0.25, 0.3) is 5.56 Å². The summed E-state index contributed by atoms with van der Waals surface area (Å²) in [5.74, 6) is 0.502. The summed E-state index contributed by atoms with van der Waals surface area (Å²) in [5.41, 5.74) is 2.36. The minimum absolute atomic E-state index is 0.221. The molecule has 0 atom stereocenters. The van der Waals surface area contributed by atoms with E-state index in [0.717, 1.165) is 15.7 Å². The first-order valence-corrected chi connectivity index (χ1v) is 9.99. The Kier molecular flexibility index (Phi) is 5.13. The molecule has 0 N–H and O–H groups in total. The van der Waals surface area contributed by atoms with Crippen LogP contribution in [-0.2, 0) is 5.75 Å². The zero-order valence-electron chi connectivity index (χ0n) is 14.1. The lowest BCUT2D eigenvalue weighted by molar-refractivity contribution is 0.628. The maximum absolute atomic E-state index is 13.0. The van der Waals surface area contributed by atoms with Gasteiger partial charge in [0, 0.05) is 11.8 Å². The summed E-state index contributed by atoms with van der Waals surface area (Å²) in [5, 5.41) is 4.35. The van der Waals surface area contributed by atoms with Crippen molar-refractivity contribution < 1.29 is 4.39 Å². The molecule has 27 heavy (non-hydrogen) atoms. The maximum atomic E-state index is 13.0. The van der Waals surface area contributed by atoms with Crippen LogP contribution in [0.5, 0.6) is 0 Å². The Morgan fingerprint density at radius 2 is 1.85 bits per heavy atom. The van der Waals surface area contributed by atoms with Gasteiger partial charge in [-0.2, -0.15) is 4.52 Å². The third-order valence-electron chi connectivity index (χ3n) is 3.77. The van der Waals surface area contributed by atoms with Crippen molar-refractivity contribution in [2.75, 3.05) is 0 Å². The van der Waals surface area contributed by atoms with Gasteiger partial charge in [0.1, 0.15) is 5.82 Å². The first kappa shape index (κ1) is 17.6. The normalized spacial score (nSPS) is 11.4. The summed E-state index contributed by atoms with van der Waals surface area (Å²) in [6.07, 6.45) is 3.54. The average Bonchev–Trinajstić information content (AvgIpc) is 3.10. The van der Waals surface area contributed by atoms with Crippen LogP contribution in [0.1, 0.15) is 16.8 Å². The van der Waals surface area contributed by atoms with E-state index in [1.54, 1.807) is 36.0 Å². The van der Waals surface area contributed by atoms with Crippen molar-refractivity contribution in [2.45, 2.75) is 10.1 Å². The molecule has 2 aromatic carbocycles. The fourth-order valence-corrected chi connectivity index (χ4v) is 4.33. The number of benzene rings is 2. The van der Waals surface area contributed by atoms with Crippen LogP contribution in [0.2, 0.25) is 0 Å². The lowest BCUT2D eigenvalue weighted by Gasteiger charge is -1.96. The molecule has 0 saturated carbocycles. The van der Waals surface area contributed by atoms with Crippen molar-refractivity contribution in [1.29, 1.82) is 0 Å². The second-order valence-electron chi connectivity index (χ2n) is 5.74. The van der Waals surface area contributed by atoms with Crippen LogP contribution in [-0.4, -0.2) is 14.6 Å². The highest BCUT2D eigenvalue weighted by molar-refractivity contribution is 8.00. The molecule has 4 nitrogen and oxygen atoms in total. The van der Waals surface area contributed by atoms with E-state index in [-0.39, 0.29) is 11.4 Å². The van der Waals surface area contributed by atoms with Crippen LogP contribution in [0.4, 0.5) is 4.39 Å². The number of nitrogens with zero attached hydrogens (tertiary/aromatic N) is 3. The van der Waals surface area contributed by atoms with Gasteiger partial charge in [0.15, 0.2) is 4.34 Å². The van der Waals surface area contributed by atoms with Crippen LogP contribution in [0.25, 0.3) is 17.1 Å². The van der Waals surface area contributed by atoms with Crippen molar-refractivity contribution in [2.24, 2.45) is 0 Å². The molecular formula is C20H14FN3OS2. The molecule has 0 aliphatic rings. The third kappa shape index (κ3) is 4.32. The smallest absolute Gasteiger partial charge is 0.267 e. The minimum atomic E-state index is -0.282. The van der Waals surface area contributed by atoms with Crippen LogP contribution >= 0.6 is 23.1 Å². The summed E-state index contributed by atoms with van der Waals surface area (Å²) in [7, 11) is 0. The molecule has 134 valence electrons. The van der Waals surface area contributed by atoms with Crippen molar-refractivity contribution in [3.05, 3.63) is 93.7 Å². The SMILES string of the molecule is O=c1cc(C=Cc2ccc(F)cc2)nc2sc(SCc3ccccc3)nn12. The highest BCUT2D eigenvalue weighted by Gasteiger charge is 2.09. The van der Waals surface area contributed by atoms with Crippen molar-refractivity contribution in [1.82, 2.24) is 14.6 Å². The van der Waals surface area contributed by atoms with Crippen molar-refractivity contribution in [3.8, 4) is 0 Å². The predicted molar refractivity (Wildman–Crippen MR) is 108 cm³/mol. The zero-order chi connectivity index (χ0) is 18.6. The monoisotopic (exact) mass is 395 g/mol. The van der Waals surface area contributed by atoms with Crippen LogP contribution in [0.15, 0.2) is 69.8 Å². The van der Waals surface area contributed by atoms with Crippen molar-refractivity contribution >= 4 is 40.2 Å². The third-order valence-corrected chi connectivity index (χ3v) is 5.88. The Labute approximate surface area is 163 Å². The number of rotatable bonds is 5. The molecule has 7 heteroatoms. The number of hydrogen-bond acceptors (Lipinski definition) is 5. The molecule has 0 fully saturated rings. The van der Waals surface area contributed by atoms with Gasteiger partial charge >= 0.3 is 0 Å². The summed E-state index contributed by atoms with van der Waals surface area (Å²) in [4.78, 5) is 17.4. The number of halogens is 1. The van der Waals surface area contributed by atoms with Gasteiger partial charge in [0.2, 0.25) is 4.96 Å². The quantitative estimate of drug-likeness (QED) is 0.458. The van der Waals surface area contributed by atoms with Crippen LogP contribution in [0, 0.1) is 5.82 Å². The first-order chi connectivity index (χ1) is 13.2. The molecule has 2 heterocycles. The second-order valence-corrected chi connectivity index (χ2v) is 7.92. The van der Waals surface area contributed by atoms with E-state index in [4.69, 9.17) is 0 Å². The van der Waals surface area contributed by atoms with Crippen LogP contribution < -0.4 is 5.56 Å². The molecule has 0 aliphatic heterocycles. The molecule has 0 bridgehead atoms. The number of hydrogen-bond donors (Lipinski definition) is 0. The predicted octanol–water partition coefficient (Wildman–Crippen LogP) is 4.75. The van der Waals surface area contributed by atoms with Gasteiger partial charge in [0.05, 0.1) is 5.69 Å². The Morgan fingerprint density at radius 3 is 2.63 bits per heavy atom. The summed E-state index contributed by atoms with van der Waals surface area (Å²) >= 11 is 2.97. The fourth-order valence-electron chi connectivity index (χ4n) is 2.43. The number of fused-ring (bicyclic) bond motifs is 1. The van der Waals surface area contributed by atoms with E-state index < -0.39 is 0 Å². The van der Waals surface area contributed by atoms with Gasteiger partial charge in [-0.05, 0) is 29.3 Å².